The van der Waals surface area contributed by atoms with Crippen LogP contribution in [0.15, 0.2) is 21.1 Å². The fourth-order valence-electron chi connectivity index (χ4n) is 0.749. The van der Waals surface area contributed by atoms with Gasteiger partial charge in [0.2, 0.25) is 0 Å². The largest absolute Gasteiger partial charge is 0.504 e. The zero-order chi connectivity index (χ0) is 8.43. The summed E-state index contributed by atoms with van der Waals surface area (Å²) in [7, 11) is 1.51. The molecule has 1 aromatic rings. The van der Waals surface area contributed by atoms with Gasteiger partial charge < -0.3 is 9.84 Å². The Morgan fingerprint density at radius 3 is 2.45 bits per heavy atom. The molecule has 0 radical (unpaired) electrons. The minimum atomic E-state index is 0.119. The highest BCUT2D eigenvalue weighted by Gasteiger charge is 2.06. The van der Waals surface area contributed by atoms with E-state index in [4.69, 9.17) is 4.74 Å². The number of methoxy groups -OCH3 is 1. The molecule has 0 heterocycles. The highest BCUT2D eigenvalue weighted by Crippen LogP contribution is 2.36. The number of phenolic OH excluding ortho intramolecular Hbond substituents is 1. The average molecular weight is 282 g/mol. The van der Waals surface area contributed by atoms with E-state index in [1.165, 1.54) is 7.11 Å². The molecule has 0 aliphatic carbocycles. The summed E-state index contributed by atoms with van der Waals surface area (Å²) in [4.78, 5) is 0. The Bertz CT molecular complexity index is 250. The molecule has 2 nitrogen and oxygen atoms in total. The predicted molar refractivity (Wildman–Crippen MR) is 50.1 cm³/mol. The molecule has 11 heavy (non-hydrogen) atoms. The summed E-state index contributed by atoms with van der Waals surface area (Å²) in [6.07, 6.45) is 0. The zero-order valence-corrected chi connectivity index (χ0v) is 8.94. The first-order valence-electron chi connectivity index (χ1n) is 2.87. The van der Waals surface area contributed by atoms with Gasteiger partial charge in [0, 0.05) is 4.47 Å². The highest BCUT2D eigenvalue weighted by atomic mass is 79.9. The third-order valence-corrected chi connectivity index (χ3v) is 2.24. The minimum absolute atomic E-state index is 0.119. The van der Waals surface area contributed by atoms with Crippen LogP contribution in [0, 0.1) is 0 Å². The molecular formula is C7H6Br2O2. The number of phenols is 1. The summed E-state index contributed by atoms with van der Waals surface area (Å²) < 4.78 is 6.45. The van der Waals surface area contributed by atoms with Crippen LogP contribution in [0.25, 0.3) is 0 Å². The molecule has 0 aliphatic rings. The molecule has 1 N–H and O–H groups in total. The van der Waals surface area contributed by atoms with Gasteiger partial charge in [-0.25, -0.2) is 0 Å². The summed E-state index contributed by atoms with van der Waals surface area (Å²) >= 11 is 6.47. The van der Waals surface area contributed by atoms with Crippen LogP contribution in [-0.2, 0) is 0 Å². The number of ether oxygens (including phenoxy) is 1. The first kappa shape index (κ1) is 8.87. The fourth-order valence-corrected chi connectivity index (χ4v) is 2.11. The first-order chi connectivity index (χ1) is 5.15. The van der Waals surface area contributed by atoms with E-state index in [0.717, 1.165) is 8.95 Å². The number of benzene rings is 1. The molecule has 60 valence electrons. The Morgan fingerprint density at radius 1 is 1.36 bits per heavy atom. The van der Waals surface area contributed by atoms with Crippen LogP contribution >= 0.6 is 31.9 Å². The molecule has 0 saturated carbocycles. The van der Waals surface area contributed by atoms with Crippen LogP contribution in [-0.4, -0.2) is 12.2 Å². The van der Waals surface area contributed by atoms with Crippen LogP contribution in [0.2, 0.25) is 0 Å². The van der Waals surface area contributed by atoms with Crippen LogP contribution < -0.4 is 4.74 Å². The van der Waals surface area contributed by atoms with E-state index in [1.54, 1.807) is 12.1 Å². The zero-order valence-electron chi connectivity index (χ0n) is 5.77. The number of aromatic hydroxyl groups is 1. The summed E-state index contributed by atoms with van der Waals surface area (Å²) in [6.45, 7) is 0. The van der Waals surface area contributed by atoms with E-state index in [9.17, 15) is 5.11 Å². The molecule has 1 rings (SSSR count). The fraction of sp³-hybridized carbons (Fsp3) is 0.143. The van der Waals surface area contributed by atoms with Crippen molar-refractivity contribution >= 4 is 31.9 Å². The van der Waals surface area contributed by atoms with Gasteiger partial charge in [0.25, 0.3) is 0 Å². The van der Waals surface area contributed by atoms with E-state index in [2.05, 4.69) is 31.9 Å². The SMILES string of the molecule is COc1c(O)cc(Br)cc1Br. The van der Waals surface area contributed by atoms with E-state index in [0.29, 0.717) is 5.75 Å². The van der Waals surface area contributed by atoms with Crippen molar-refractivity contribution in [3.8, 4) is 11.5 Å². The van der Waals surface area contributed by atoms with Crippen molar-refractivity contribution in [1.29, 1.82) is 0 Å². The van der Waals surface area contributed by atoms with Crippen LogP contribution in [0.3, 0.4) is 0 Å². The molecule has 0 fully saturated rings. The molecule has 0 bridgehead atoms. The van der Waals surface area contributed by atoms with Gasteiger partial charge in [0.1, 0.15) is 0 Å². The minimum Gasteiger partial charge on any atom is -0.504 e. The van der Waals surface area contributed by atoms with E-state index in [-0.39, 0.29) is 5.75 Å². The second kappa shape index (κ2) is 3.45. The van der Waals surface area contributed by atoms with Crippen molar-refractivity contribution in [3.63, 3.8) is 0 Å². The quantitative estimate of drug-likeness (QED) is 0.858. The lowest BCUT2D eigenvalue weighted by atomic mass is 10.3. The number of rotatable bonds is 1. The second-order valence-electron chi connectivity index (χ2n) is 1.94. The van der Waals surface area contributed by atoms with Crippen molar-refractivity contribution in [2.75, 3.05) is 7.11 Å². The van der Waals surface area contributed by atoms with E-state index < -0.39 is 0 Å². The monoisotopic (exact) mass is 280 g/mol. The van der Waals surface area contributed by atoms with Crippen LogP contribution in [0.5, 0.6) is 11.5 Å². The number of halogens is 2. The van der Waals surface area contributed by atoms with E-state index >= 15 is 0 Å². The molecule has 1 aromatic carbocycles. The maximum atomic E-state index is 9.29. The van der Waals surface area contributed by atoms with Gasteiger partial charge >= 0.3 is 0 Å². The van der Waals surface area contributed by atoms with Crippen molar-refractivity contribution in [2.24, 2.45) is 0 Å². The van der Waals surface area contributed by atoms with Crippen LogP contribution in [0.1, 0.15) is 0 Å². The Morgan fingerprint density at radius 2 is 2.00 bits per heavy atom. The summed E-state index contributed by atoms with van der Waals surface area (Å²) in [6, 6.07) is 3.38. The Hall–Kier alpha value is -0.220. The highest BCUT2D eigenvalue weighted by molar-refractivity contribution is 9.11. The molecule has 0 unspecified atom stereocenters. The average Bonchev–Trinajstić information content (AvgIpc) is 1.85. The Labute approximate surface area is 81.4 Å². The topological polar surface area (TPSA) is 29.5 Å². The summed E-state index contributed by atoms with van der Waals surface area (Å²) in [5.74, 6) is 0.571. The predicted octanol–water partition coefficient (Wildman–Crippen LogP) is 2.93. The van der Waals surface area contributed by atoms with Gasteiger partial charge in [-0.15, -0.1) is 0 Å². The lowest BCUT2D eigenvalue weighted by Crippen LogP contribution is -1.84. The lowest BCUT2D eigenvalue weighted by molar-refractivity contribution is 0.371. The molecule has 0 amide bonds. The second-order valence-corrected chi connectivity index (χ2v) is 3.71. The van der Waals surface area contributed by atoms with E-state index in [1.807, 2.05) is 0 Å². The van der Waals surface area contributed by atoms with Gasteiger partial charge in [-0.1, -0.05) is 15.9 Å². The third kappa shape index (κ3) is 1.87. The standard InChI is InChI=1S/C7H6Br2O2/c1-11-7-5(9)2-4(8)3-6(7)10/h2-3,10H,1H3. The molecule has 0 spiro atoms. The normalized spacial score (nSPS) is 9.73. The Kier molecular flexibility index (Phi) is 2.78. The maximum Gasteiger partial charge on any atom is 0.174 e. The third-order valence-electron chi connectivity index (χ3n) is 1.19. The van der Waals surface area contributed by atoms with Crippen LogP contribution in [0.4, 0.5) is 0 Å². The van der Waals surface area contributed by atoms with Gasteiger partial charge in [-0.3, -0.25) is 0 Å². The van der Waals surface area contributed by atoms with Crippen molar-refractivity contribution < 1.29 is 9.84 Å². The number of hydrogen-bond donors (Lipinski definition) is 1. The molecule has 0 aromatic heterocycles. The van der Waals surface area contributed by atoms with Crippen molar-refractivity contribution in [3.05, 3.63) is 21.1 Å². The molecule has 0 saturated heterocycles. The van der Waals surface area contributed by atoms with Gasteiger partial charge in [-0.2, -0.15) is 0 Å². The van der Waals surface area contributed by atoms with Gasteiger partial charge in [0.05, 0.1) is 11.6 Å². The summed E-state index contributed by atoms with van der Waals surface area (Å²) in [5.41, 5.74) is 0. The molecule has 0 aliphatic heterocycles. The summed E-state index contributed by atoms with van der Waals surface area (Å²) in [5, 5.41) is 9.29. The lowest BCUT2D eigenvalue weighted by Gasteiger charge is -2.05. The smallest absolute Gasteiger partial charge is 0.174 e. The van der Waals surface area contributed by atoms with Crippen molar-refractivity contribution in [2.45, 2.75) is 0 Å². The molecule has 4 heteroatoms. The Balaban J connectivity index is 3.25. The first-order valence-corrected chi connectivity index (χ1v) is 4.45. The van der Waals surface area contributed by atoms with Crippen molar-refractivity contribution in [1.82, 2.24) is 0 Å². The number of hydrogen-bond acceptors (Lipinski definition) is 2. The molecule has 0 atom stereocenters. The molecular weight excluding hydrogens is 276 g/mol. The van der Waals surface area contributed by atoms with Gasteiger partial charge in [0.15, 0.2) is 11.5 Å². The van der Waals surface area contributed by atoms with Gasteiger partial charge in [-0.05, 0) is 28.1 Å². The maximum absolute atomic E-state index is 9.29.